The quantitative estimate of drug-likeness (QED) is 0.804. The number of rotatable bonds is 5. The zero-order valence-corrected chi connectivity index (χ0v) is 14.2. The Labute approximate surface area is 146 Å². The van der Waals surface area contributed by atoms with Crippen LogP contribution in [0.2, 0.25) is 0 Å². The second-order valence-corrected chi connectivity index (χ2v) is 6.01. The van der Waals surface area contributed by atoms with Crippen molar-refractivity contribution in [1.82, 2.24) is 9.97 Å². The third-order valence-corrected chi connectivity index (χ3v) is 4.25. The fraction of sp³-hybridized carbons (Fsp3) is 0.389. The zero-order chi connectivity index (χ0) is 17.6. The summed E-state index contributed by atoms with van der Waals surface area (Å²) in [6, 6.07) is 6.86. The number of esters is 1. The maximum atomic E-state index is 11.5. The first-order valence-corrected chi connectivity index (χ1v) is 8.40. The van der Waals surface area contributed by atoms with Gasteiger partial charge in [-0.25, -0.2) is 9.78 Å². The van der Waals surface area contributed by atoms with Gasteiger partial charge in [-0.3, -0.25) is 0 Å². The molecule has 1 fully saturated rings. The van der Waals surface area contributed by atoms with Crippen molar-refractivity contribution in [1.29, 1.82) is 0 Å². The molecule has 0 aliphatic heterocycles. The van der Waals surface area contributed by atoms with Gasteiger partial charge in [0.25, 0.3) is 0 Å². The molecule has 1 saturated carbocycles. The number of hydrogen-bond acceptors (Lipinski definition) is 7. The molecule has 7 nitrogen and oxygen atoms in total. The average Bonchev–Trinajstić information content (AvgIpc) is 2.66. The molecule has 1 aliphatic rings. The van der Waals surface area contributed by atoms with E-state index in [4.69, 9.17) is 10.5 Å². The number of nitrogens with two attached hydrogens (primary N) is 1. The Bertz CT molecular complexity index is 728. The number of carbonyl (C=O) groups is 1. The topological polar surface area (TPSA) is 99.4 Å². The number of benzene rings is 1. The van der Waals surface area contributed by atoms with Crippen LogP contribution in [0.4, 0.5) is 17.2 Å². The van der Waals surface area contributed by atoms with E-state index in [1.54, 1.807) is 24.3 Å². The molecule has 7 heteroatoms. The normalized spacial score (nSPS) is 14.8. The Hall–Kier alpha value is -2.83. The molecule has 0 atom stereocenters. The van der Waals surface area contributed by atoms with E-state index in [9.17, 15) is 4.79 Å². The van der Waals surface area contributed by atoms with Crippen molar-refractivity contribution in [3.8, 4) is 5.88 Å². The third kappa shape index (κ3) is 4.17. The SMILES string of the molecule is COC(=O)c1ccc(Nc2ncnc(OC3CCCCC3)c2N)cc1. The van der Waals surface area contributed by atoms with Gasteiger partial charge >= 0.3 is 5.97 Å². The van der Waals surface area contributed by atoms with Gasteiger partial charge in [-0.05, 0) is 49.9 Å². The molecule has 2 aromatic rings. The van der Waals surface area contributed by atoms with Crippen LogP contribution >= 0.6 is 0 Å². The van der Waals surface area contributed by atoms with E-state index in [0.717, 1.165) is 18.5 Å². The first kappa shape index (κ1) is 17.0. The minimum Gasteiger partial charge on any atom is -0.473 e. The lowest BCUT2D eigenvalue weighted by Gasteiger charge is -2.23. The van der Waals surface area contributed by atoms with Gasteiger partial charge in [-0.2, -0.15) is 4.98 Å². The maximum absolute atomic E-state index is 11.5. The molecule has 1 aromatic heterocycles. The van der Waals surface area contributed by atoms with Crippen LogP contribution < -0.4 is 15.8 Å². The van der Waals surface area contributed by atoms with Gasteiger partial charge in [0.2, 0.25) is 5.88 Å². The minimum absolute atomic E-state index is 0.165. The lowest BCUT2D eigenvalue weighted by molar-refractivity contribution is 0.0601. The average molecular weight is 342 g/mol. The Morgan fingerprint density at radius 2 is 1.88 bits per heavy atom. The highest BCUT2D eigenvalue weighted by atomic mass is 16.5. The molecule has 1 aliphatic carbocycles. The van der Waals surface area contributed by atoms with Crippen molar-refractivity contribution in [3.63, 3.8) is 0 Å². The van der Waals surface area contributed by atoms with Crippen LogP contribution in [0.5, 0.6) is 5.88 Å². The van der Waals surface area contributed by atoms with Crippen molar-refractivity contribution >= 4 is 23.2 Å². The van der Waals surface area contributed by atoms with Gasteiger partial charge < -0.3 is 20.5 Å². The van der Waals surface area contributed by atoms with E-state index in [2.05, 4.69) is 20.0 Å². The largest absolute Gasteiger partial charge is 0.473 e. The molecule has 0 radical (unpaired) electrons. The molecule has 0 amide bonds. The molecule has 0 bridgehead atoms. The fourth-order valence-corrected chi connectivity index (χ4v) is 2.86. The van der Waals surface area contributed by atoms with Crippen LogP contribution in [0.3, 0.4) is 0 Å². The summed E-state index contributed by atoms with van der Waals surface area (Å²) in [4.78, 5) is 19.8. The number of methoxy groups -OCH3 is 1. The summed E-state index contributed by atoms with van der Waals surface area (Å²) in [5.41, 5.74) is 7.77. The third-order valence-electron chi connectivity index (χ3n) is 4.25. The molecule has 1 aromatic carbocycles. The van der Waals surface area contributed by atoms with E-state index >= 15 is 0 Å². The monoisotopic (exact) mass is 342 g/mol. The predicted molar refractivity (Wildman–Crippen MR) is 95.0 cm³/mol. The second-order valence-electron chi connectivity index (χ2n) is 6.01. The molecule has 0 unspecified atom stereocenters. The zero-order valence-electron chi connectivity index (χ0n) is 14.2. The molecular weight excluding hydrogens is 320 g/mol. The lowest BCUT2D eigenvalue weighted by Crippen LogP contribution is -2.21. The number of hydrogen-bond donors (Lipinski definition) is 2. The number of aromatic nitrogens is 2. The van der Waals surface area contributed by atoms with Gasteiger partial charge in [0.15, 0.2) is 5.82 Å². The summed E-state index contributed by atoms with van der Waals surface area (Å²) in [6.45, 7) is 0. The summed E-state index contributed by atoms with van der Waals surface area (Å²) in [6.07, 6.45) is 7.26. The highest BCUT2D eigenvalue weighted by molar-refractivity contribution is 5.89. The molecule has 1 heterocycles. The summed E-state index contributed by atoms with van der Waals surface area (Å²) < 4.78 is 10.6. The molecule has 25 heavy (non-hydrogen) atoms. The lowest BCUT2D eigenvalue weighted by atomic mass is 9.98. The first-order valence-electron chi connectivity index (χ1n) is 8.40. The molecule has 3 rings (SSSR count). The van der Waals surface area contributed by atoms with E-state index < -0.39 is 0 Å². The Morgan fingerprint density at radius 3 is 2.56 bits per heavy atom. The minimum atomic E-state index is -0.378. The summed E-state index contributed by atoms with van der Waals surface area (Å²) in [5.74, 6) is 0.512. The van der Waals surface area contributed by atoms with Crippen LogP contribution in [0.1, 0.15) is 42.5 Å². The summed E-state index contributed by atoms with van der Waals surface area (Å²) >= 11 is 0. The molecule has 0 saturated heterocycles. The van der Waals surface area contributed by atoms with Crippen LogP contribution in [-0.4, -0.2) is 29.2 Å². The van der Waals surface area contributed by atoms with E-state index in [-0.39, 0.29) is 12.1 Å². The number of carbonyl (C=O) groups excluding carboxylic acids is 1. The maximum Gasteiger partial charge on any atom is 0.337 e. The Morgan fingerprint density at radius 1 is 1.16 bits per heavy atom. The first-order chi connectivity index (χ1) is 12.2. The number of anilines is 3. The van der Waals surface area contributed by atoms with E-state index in [1.165, 1.54) is 32.7 Å². The molecule has 132 valence electrons. The fourth-order valence-electron chi connectivity index (χ4n) is 2.86. The van der Waals surface area contributed by atoms with Crippen molar-refractivity contribution in [2.75, 3.05) is 18.2 Å². The number of nitrogens with one attached hydrogen (secondary N) is 1. The number of nitrogens with zero attached hydrogens (tertiary/aromatic N) is 2. The van der Waals surface area contributed by atoms with Gasteiger partial charge in [0.05, 0.1) is 12.7 Å². The summed E-state index contributed by atoms with van der Waals surface area (Å²) in [7, 11) is 1.35. The smallest absolute Gasteiger partial charge is 0.337 e. The Kier molecular flexibility index (Phi) is 5.33. The van der Waals surface area contributed by atoms with Crippen LogP contribution in [0.15, 0.2) is 30.6 Å². The van der Waals surface area contributed by atoms with Crippen molar-refractivity contribution in [2.45, 2.75) is 38.2 Å². The number of nitrogen functional groups attached to an aromatic ring is 1. The van der Waals surface area contributed by atoms with Gasteiger partial charge in [0.1, 0.15) is 18.1 Å². The highest BCUT2D eigenvalue weighted by Gasteiger charge is 2.18. The van der Waals surface area contributed by atoms with Crippen LogP contribution in [0, 0.1) is 0 Å². The second kappa shape index (κ2) is 7.83. The molecule has 0 spiro atoms. The van der Waals surface area contributed by atoms with Crippen LogP contribution in [0.25, 0.3) is 0 Å². The molecule has 3 N–H and O–H groups in total. The van der Waals surface area contributed by atoms with Gasteiger partial charge in [0, 0.05) is 5.69 Å². The van der Waals surface area contributed by atoms with E-state index in [1.807, 2.05) is 0 Å². The van der Waals surface area contributed by atoms with E-state index in [0.29, 0.717) is 22.9 Å². The standard InChI is InChI=1S/C18H22N4O3/c1-24-18(23)12-7-9-13(10-8-12)22-16-15(19)17(21-11-20-16)25-14-5-3-2-4-6-14/h7-11,14H,2-6,19H2,1H3,(H,20,21,22). The van der Waals surface area contributed by atoms with Gasteiger partial charge in [-0.15, -0.1) is 0 Å². The predicted octanol–water partition coefficient (Wildman–Crippen LogP) is 3.30. The van der Waals surface area contributed by atoms with Crippen LogP contribution in [-0.2, 0) is 4.74 Å². The number of ether oxygens (including phenoxy) is 2. The Balaban J connectivity index is 1.72. The summed E-state index contributed by atoms with van der Waals surface area (Å²) in [5, 5.41) is 3.13. The van der Waals surface area contributed by atoms with Crippen molar-refractivity contribution in [2.24, 2.45) is 0 Å². The molecular formula is C18H22N4O3. The van der Waals surface area contributed by atoms with Crippen molar-refractivity contribution < 1.29 is 14.3 Å². The highest BCUT2D eigenvalue weighted by Crippen LogP contribution is 2.30. The van der Waals surface area contributed by atoms with Gasteiger partial charge in [-0.1, -0.05) is 6.42 Å². The van der Waals surface area contributed by atoms with Crippen molar-refractivity contribution in [3.05, 3.63) is 36.2 Å².